The van der Waals surface area contributed by atoms with Gasteiger partial charge in [-0.1, -0.05) is 34.6 Å². The molecule has 0 aromatic heterocycles. The van der Waals surface area contributed by atoms with Crippen molar-refractivity contribution < 1.29 is 14.7 Å². The van der Waals surface area contributed by atoms with Gasteiger partial charge in [0.2, 0.25) is 0 Å². The Morgan fingerprint density at radius 1 is 1.25 bits per heavy atom. The highest BCUT2D eigenvalue weighted by molar-refractivity contribution is 5.82. The van der Waals surface area contributed by atoms with E-state index < -0.39 is 18.0 Å². The predicted molar refractivity (Wildman–Crippen MR) is 62.3 cm³/mol. The highest BCUT2D eigenvalue weighted by Crippen LogP contribution is 2.10. The zero-order chi connectivity index (χ0) is 12.9. The summed E-state index contributed by atoms with van der Waals surface area (Å²) >= 11 is 0. The third kappa shape index (κ3) is 6.27. The van der Waals surface area contributed by atoms with Gasteiger partial charge in [-0.05, 0) is 11.3 Å². The number of aliphatic carboxylic acids is 1. The first-order valence-corrected chi connectivity index (χ1v) is 5.40. The Morgan fingerprint density at radius 2 is 1.75 bits per heavy atom. The number of amides is 2. The van der Waals surface area contributed by atoms with Gasteiger partial charge in [0.1, 0.15) is 6.04 Å². The Bertz CT molecular complexity index is 256. The molecule has 5 nitrogen and oxygen atoms in total. The molecule has 0 aromatic carbocycles. The lowest BCUT2D eigenvalue weighted by molar-refractivity contribution is -0.140. The minimum Gasteiger partial charge on any atom is -0.480 e. The van der Waals surface area contributed by atoms with Crippen LogP contribution in [0.15, 0.2) is 0 Å². The van der Waals surface area contributed by atoms with Gasteiger partial charge in [0.25, 0.3) is 0 Å². The zero-order valence-corrected chi connectivity index (χ0v) is 10.6. The second-order valence-electron chi connectivity index (χ2n) is 5.45. The van der Waals surface area contributed by atoms with Crippen LogP contribution < -0.4 is 10.6 Å². The molecule has 0 radical (unpaired) electrons. The van der Waals surface area contributed by atoms with Crippen molar-refractivity contribution in [1.29, 1.82) is 0 Å². The fourth-order valence-electron chi connectivity index (χ4n) is 1.05. The van der Waals surface area contributed by atoms with E-state index in [1.807, 2.05) is 20.8 Å². The summed E-state index contributed by atoms with van der Waals surface area (Å²) in [5.74, 6) is -1.15. The summed E-state index contributed by atoms with van der Waals surface area (Å²) in [6.45, 7) is 9.98. The van der Waals surface area contributed by atoms with Crippen molar-refractivity contribution in [3.63, 3.8) is 0 Å². The molecule has 3 N–H and O–H groups in total. The topological polar surface area (TPSA) is 78.4 Å². The van der Waals surface area contributed by atoms with Gasteiger partial charge in [-0.15, -0.1) is 0 Å². The van der Waals surface area contributed by atoms with Gasteiger partial charge < -0.3 is 15.7 Å². The van der Waals surface area contributed by atoms with E-state index in [4.69, 9.17) is 5.11 Å². The van der Waals surface area contributed by atoms with Crippen LogP contribution in [0.25, 0.3) is 0 Å². The van der Waals surface area contributed by atoms with Crippen LogP contribution in [0, 0.1) is 11.3 Å². The summed E-state index contributed by atoms with van der Waals surface area (Å²) in [7, 11) is 0. The van der Waals surface area contributed by atoms with Gasteiger partial charge in [0.15, 0.2) is 0 Å². The molecule has 0 aliphatic carbocycles. The van der Waals surface area contributed by atoms with E-state index in [2.05, 4.69) is 10.6 Å². The van der Waals surface area contributed by atoms with E-state index in [9.17, 15) is 9.59 Å². The summed E-state index contributed by atoms with van der Waals surface area (Å²) in [5, 5.41) is 14.0. The molecule has 0 heterocycles. The Morgan fingerprint density at radius 3 is 2.06 bits per heavy atom. The van der Waals surface area contributed by atoms with Crippen LogP contribution in [0.1, 0.15) is 34.6 Å². The van der Waals surface area contributed by atoms with E-state index in [1.54, 1.807) is 13.8 Å². The van der Waals surface area contributed by atoms with E-state index in [-0.39, 0.29) is 11.3 Å². The van der Waals surface area contributed by atoms with Gasteiger partial charge in [-0.2, -0.15) is 0 Å². The highest BCUT2D eigenvalue weighted by Gasteiger charge is 2.23. The number of carboxylic acid groups (broad SMARTS) is 1. The molecule has 0 rings (SSSR count). The maximum atomic E-state index is 11.4. The molecule has 0 aromatic rings. The fourth-order valence-corrected chi connectivity index (χ4v) is 1.05. The Balaban J connectivity index is 4.17. The lowest BCUT2D eigenvalue weighted by Gasteiger charge is -2.22. The van der Waals surface area contributed by atoms with Crippen LogP contribution in [-0.4, -0.2) is 29.7 Å². The van der Waals surface area contributed by atoms with E-state index in [0.29, 0.717) is 6.54 Å². The van der Waals surface area contributed by atoms with Gasteiger partial charge in [-0.25, -0.2) is 9.59 Å². The molecule has 0 bridgehead atoms. The summed E-state index contributed by atoms with van der Waals surface area (Å²) in [5.41, 5.74) is -0.0199. The first-order chi connectivity index (χ1) is 7.13. The van der Waals surface area contributed by atoms with Crippen molar-refractivity contribution >= 4 is 12.0 Å². The molecule has 1 atom stereocenters. The van der Waals surface area contributed by atoms with Crippen molar-refractivity contribution in [2.45, 2.75) is 40.7 Å². The standard InChI is InChI=1S/C11H22N2O3/c1-7(2)8(9(14)15)13-10(16)12-6-11(3,4)5/h7-8H,6H2,1-5H3,(H,14,15)(H2,12,13,16)/t8-/m0/s1. The molecule has 0 saturated carbocycles. The van der Waals surface area contributed by atoms with Crippen LogP contribution in [0.4, 0.5) is 4.79 Å². The molecule has 0 saturated heterocycles. The largest absolute Gasteiger partial charge is 0.480 e. The number of carboxylic acids is 1. The van der Waals surface area contributed by atoms with E-state index >= 15 is 0 Å². The summed E-state index contributed by atoms with van der Waals surface area (Å²) in [6.07, 6.45) is 0. The smallest absolute Gasteiger partial charge is 0.326 e. The molecule has 16 heavy (non-hydrogen) atoms. The maximum Gasteiger partial charge on any atom is 0.326 e. The van der Waals surface area contributed by atoms with Crippen LogP contribution in [0.2, 0.25) is 0 Å². The van der Waals surface area contributed by atoms with Crippen LogP contribution in [0.3, 0.4) is 0 Å². The van der Waals surface area contributed by atoms with E-state index in [0.717, 1.165) is 0 Å². The molecular weight excluding hydrogens is 208 g/mol. The molecular formula is C11H22N2O3. The number of nitrogens with one attached hydrogen (secondary N) is 2. The molecule has 0 unspecified atom stereocenters. The molecule has 5 heteroatoms. The van der Waals surface area contributed by atoms with Gasteiger partial charge in [0.05, 0.1) is 0 Å². The molecule has 0 aliphatic rings. The monoisotopic (exact) mass is 230 g/mol. The van der Waals surface area contributed by atoms with Crippen LogP contribution >= 0.6 is 0 Å². The first kappa shape index (κ1) is 14.7. The van der Waals surface area contributed by atoms with Gasteiger partial charge >= 0.3 is 12.0 Å². The van der Waals surface area contributed by atoms with Crippen molar-refractivity contribution in [2.24, 2.45) is 11.3 Å². The average Bonchev–Trinajstić information content (AvgIpc) is 2.08. The van der Waals surface area contributed by atoms with Crippen molar-refractivity contribution in [3.05, 3.63) is 0 Å². The first-order valence-electron chi connectivity index (χ1n) is 5.40. The van der Waals surface area contributed by atoms with Crippen LogP contribution in [-0.2, 0) is 4.79 Å². The summed E-state index contributed by atoms with van der Waals surface area (Å²) in [4.78, 5) is 22.3. The lowest BCUT2D eigenvalue weighted by atomic mass is 9.97. The second kappa shape index (κ2) is 5.72. The number of hydrogen-bond acceptors (Lipinski definition) is 2. The Hall–Kier alpha value is -1.26. The van der Waals surface area contributed by atoms with Crippen molar-refractivity contribution in [2.75, 3.05) is 6.54 Å². The summed E-state index contributed by atoms with van der Waals surface area (Å²) < 4.78 is 0. The number of urea groups is 1. The number of carbonyl (C=O) groups excluding carboxylic acids is 1. The molecule has 0 fully saturated rings. The molecule has 2 amide bonds. The molecule has 0 aliphatic heterocycles. The van der Waals surface area contributed by atoms with Gasteiger partial charge in [-0.3, -0.25) is 0 Å². The molecule has 94 valence electrons. The average molecular weight is 230 g/mol. The van der Waals surface area contributed by atoms with Gasteiger partial charge in [0, 0.05) is 6.54 Å². The number of rotatable bonds is 4. The molecule has 0 spiro atoms. The Kier molecular flexibility index (Phi) is 5.27. The third-order valence-corrected chi connectivity index (χ3v) is 2.00. The van der Waals surface area contributed by atoms with Crippen LogP contribution in [0.5, 0.6) is 0 Å². The van der Waals surface area contributed by atoms with Crippen molar-refractivity contribution in [3.8, 4) is 0 Å². The van der Waals surface area contributed by atoms with Crippen molar-refractivity contribution in [1.82, 2.24) is 10.6 Å². The number of hydrogen-bond donors (Lipinski definition) is 3. The minimum atomic E-state index is -1.01. The summed E-state index contributed by atoms with van der Waals surface area (Å²) in [6, 6.07) is -1.28. The maximum absolute atomic E-state index is 11.4. The quantitative estimate of drug-likeness (QED) is 0.683. The Labute approximate surface area is 96.6 Å². The predicted octanol–water partition coefficient (Wildman–Crippen LogP) is 1.44. The fraction of sp³-hybridized carbons (Fsp3) is 0.818. The SMILES string of the molecule is CC(C)[C@H](NC(=O)NCC(C)(C)C)C(=O)O. The normalized spacial score (nSPS) is 13.4. The number of carbonyl (C=O) groups is 2. The third-order valence-electron chi connectivity index (χ3n) is 2.00. The van der Waals surface area contributed by atoms with E-state index in [1.165, 1.54) is 0 Å². The highest BCUT2D eigenvalue weighted by atomic mass is 16.4. The lowest BCUT2D eigenvalue weighted by Crippen LogP contribution is -2.49. The second-order valence-corrected chi connectivity index (χ2v) is 5.45. The zero-order valence-electron chi connectivity index (χ0n) is 10.6. The minimum absolute atomic E-state index is 0.0199.